The molecule has 1 aliphatic rings. The van der Waals surface area contributed by atoms with E-state index in [1.54, 1.807) is 0 Å². The van der Waals surface area contributed by atoms with Gasteiger partial charge >= 0.3 is 0 Å². The summed E-state index contributed by atoms with van der Waals surface area (Å²) in [6.45, 7) is 5.43. The second-order valence-corrected chi connectivity index (χ2v) is 5.60. The van der Waals surface area contributed by atoms with Crippen LogP contribution in [0, 0.1) is 5.92 Å². The lowest BCUT2D eigenvalue weighted by molar-refractivity contribution is -0.00312. The molecule has 0 radical (unpaired) electrons. The molecule has 0 aliphatic heterocycles. The highest BCUT2D eigenvalue weighted by Gasteiger charge is 2.27. The van der Waals surface area contributed by atoms with Crippen LogP contribution in [-0.4, -0.2) is 18.8 Å². The van der Waals surface area contributed by atoms with Gasteiger partial charge < -0.3 is 10.5 Å². The Kier molecular flexibility index (Phi) is 7.87. The minimum absolute atomic E-state index is 0.286. The predicted molar refractivity (Wildman–Crippen MR) is 74.1 cm³/mol. The van der Waals surface area contributed by atoms with E-state index >= 15 is 0 Å². The van der Waals surface area contributed by atoms with Crippen molar-refractivity contribution in [1.29, 1.82) is 0 Å². The van der Waals surface area contributed by atoms with Crippen molar-refractivity contribution in [1.82, 2.24) is 0 Å². The van der Waals surface area contributed by atoms with E-state index in [0.717, 1.165) is 18.9 Å². The van der Waals surface area contributed by atoms with E-state index in [4.69, 9.17) is 10.5 Å². The summed E-state index contributed by atoms with van der Waals surface area (Å²) in [7, 11) is 0. The minimum Gasteiger partial charge on any atom is -0.377 e. The number of nitrogens with two attached hydrogens (primary N) is 1. The predicted octanol–water partition coefficient (Wildman–Crippen LogP) is 3.88. The zero-order chi connectivity index (χ0) is 12.5. The Morgan fingerprint density at radius 2 is 1.88 bits per heavy atom. The summed E-state index contributed by atoms with van der Waals surface area (Å²) < 4.78 is 5.99. The van der Waals surface area contributed by atoms with Crippen LogP contribution in [0.2, 0.25) is 0 Å². The number of hydrogen-bond donors (Lipinski definition) is 1. The summed E-state index contributed by atoms with van der Waals surface area (Å²) in [6, 6.07) is 0.286. The fourth-order valence-electron chi connectivity index (χ4n) is 2.86. The van der Waals surface area contributed by atoms with Crippen LogP contribution in [0.1, 0.15) is 71.6 Å². The molecule has 3 atom stereocenters. The first-order chi connectivity index (χ1) is 8.27. The van der Waals surface area contributed by atoms with E-state index in [2.05, 4.69) is 13.8 Å². The lowest BCUT2D eigenvalue weighted by Gasteiger charge is -2.34. The molecule has 3 unspecified atom stereocenters. The third-order valence-corrected chi connectivity index (χ3v) is 3.98. The molecule has 0 aromatic heterocycles. The molecule has 0 saturated heterocycles. The van der Waals surface area contributed by atoms with Crippen LogP contribution in [-0.2, 0) is 4.74 Å². The van der Waals surface area contributed by atoms with E-state index in [0.29, 0.717) is 6.10 Å². The maximum Gasteiger partial charge on any atom is 0.0728 e. The first-order valence-corrected chi connectivity index (χ1v) is 7.65. The lowest BCUT2D eigenvalue weighted by atomic mass is 9.82. The van der Waals surface area contributed by atoms with Crippen molar-refractivity contribution in [2.24, 2.45) is 11.7 Å². The molecule has 2 heteroatoms. The van der Waals surface area contributed by atoms with Crippen molar-refractivity contribution in [3.63, 3.8) is 0 Å². The fourth-order valence-corrected chi connectivity index (χ4v) is 2.86. The van der Waals surface area contributed by atoms with Gasteiger partial charge in [-0.1, -0.05) is 46.0 Å². The maximum atomic E-state index is 6.15. The monoisotopic (exact) mass is 241 g/mol. The van der Waals surface area contributed by atoms with Gasteiger partial charge in [-0.15, -0.1) is 0 Å². The van der Waals surface area contributed by atoms with Crippen LogP contribution in [0.4, 0.5) is 0 Å². The molecule has 0 spiro atoms. The summed E-state index contributed by atoms with van der Waals surface area (Å²) in [5.41, 5.74) is 6.15. The summed E-state index contributed by atoms with van der Waals surface area (Å²) in [6.07, 6.45) is 11.8. The van der Waals surface area contributed by atoms with Gasteiger partial charge in [-0.3, -0.25) is 0 Å². The van der Waals surface area contributed by atoms with Crippen LogP contribution in [0.3, 0.4) is 0 Å². The minimum atomic E-state index is 0.286. The Morgan fingerprint density at radius 3 is 2.59 bits per heavy atom. The van der Waals surface area contributed by atoms with Crippen LogP contribution in [0.15, 0.2) is 0 Å². The van der Waals surface area contributed by atoms with Gasteiger partial charge in [0.1, 0.15) is 0 Å². The SMILES string of the molecule is CCCCCCOC1CC(CCC)CCC1N. The van der Waals surface area contributed by atoms with E-state index in [1.807, 2.05) is 0 Å². The molecule has 0 amide bonds. The summed E-state index contributed by atoms with van der Waals surface area (Å²) in [5, 5.41) is 0. The van der Waals surface area contributed by atoms with Gasteiger partial charge in [-0.25, -0.2) is 0 Å². The van der Waals surface area contributed by atoms with Gasteiger partial charge in [-0.05, 0) is 31.6 Å². The molecule has 1 fully saturated rings. The maximum absolute atomic E-state index is 6.15. The van der Waals surface area contributed by atoms with Crippen molar-refractivity contribution >= 4 is 0 Å². The van der Waals surface area contributed by atoms with E-state index in [9.17, 15) is 0 Å². The standard InChI is InChI=1S/C15H31NO/c1-3-5-6-7-11-17-15-12-13(8-4-2)9-10-14(15)16/h13-15H,3-12,16H2,1-2H3. The molecular formula is C15H31NO. The molecule has 0 heterocycles. The van der Waals surface area contributed by atoms with Crippen molar-refractivity contribution in [3.8, 4) is 0 Å². The quantitative estimate of drug-likeness (QED) is 0.655. The summed E-state index contributed by atoms with van der Waals surface area (Å²) in [5.74, 6) is 0.862. The molecule has 102 valence electrons. The Balaban J connectivity index is 2.15. The number of unbranched alkanes of at least 4 members (excludes halogenated alkanes) is 3. The number of hydrogen-bond acceptors (Lipinski definition) is 2. The highest BCUT2D eigenvalue weighted by molar-refractivity contribution is 4.83. The third-order valence-electron chi connectivity index (χ3n) is 3.98. The molecule has 0 aromatic rings. The van der Waals surface area contributed by atoms with E-state index in [1.165, 1.54) is 51.4 Å². The second-order valence-electron chi connectivity index (χ2n) is 5.60. The van der Waals surface area contributed by atoms with Gasteiger partial charge in [0.05, 0.1) is 6.10 Å². The Labute approximate surface area is 107 Å². The average molecular weight is 241 g/mol. The second kappa shape index (κ2) is 8.93. The van der Waals surface area contributed by atoms with Crippen molar-refractivity contribution < 1.29 is 4.74 Å². The molecule has 0 bridgehead atoms. The molecule has 1 saturated carbocycles. The van der Waals surface area contributed by atoms with E-state index < -0.39 is 0 Å². The Bertz CT molecular complexity index is 184. The molecule has 0 aromatic carbocycles. The highest BCUT2D eigenvalue weighted by atomic mass is 16.5. The van der Waals surface area contributed by atoms with Crippen molar-refractivity contribution in [3.05, 3.63) is 0 Å². The smallest absolute Gasteiger partial charge is 0.0728 e. The van der Waals surface area contributed by atoms with Gasteiger partial charge in [-0.2, -0.15) is 0 Å². The normalized spacial score (nSPS) is 29.5. The first kappa shape index (κ1) is 15.0. The molecule has 1 rings (SSSR count). The van der Waals surface area contributed by atoms with Gasteiger partial charge in [0.15, 0.2) is 0 Å². The molecule has 2 N–H and O–H groups in total. The first-order valence-electron chi connectivity index (χ1n) is 7.65. The number of rotatable bonds is 8. The van der Waals surface area contributed by atoms with Crippen LogP contribution in [0.5, 0.6) is 0 Å². The van der Waals surface area contributed by atoms with Gasteiger partial charge in [0.2, 0.25) is 0 Å². The lowest BCUT2D eigenvalue weighted by Crippen LogP contribution is -2.42. The van der Waals surface area contributed by atoms with Crippen LogP contribution >= 0.6 is 0 Å². The largest absolute Gasteiger partial charge is 0.377 e. The third kappa shape index (κ3) is 5.87. The fraction of sp³-hybridized carbons (Fsp3) is 1.00. The summed E-state index contributed by atoms with van der Waals surface area (Å²) in [4.78, 5) is 0. The zero-order valence-electron chi connectivity index (χ0n) is 11.8. The molecule has 1 aliphatic carbocycles. The Hall–Kier alpha value is -0.0800. The van der Waals surface area contributed by atoms with Crippen LogP contribution < -0.4 is 5.73 Å². The van der Waals surface area contributed by atoms with E-state index in [-0.39, 0.29) is 6.04 Å². The molecule has 17 heavy (non-hydrogen) atoms. The Morgan fingerprint density at radius 1 is 1.06 bits per heavy atom. The number of ether oxygens (including phenoxy) is 1. The zero-order valence-corrected chi connectivity index (χ0v) is 11.8. The highest BCUT2D eigenvalue weighted by Crippen LogP contribution is 2.29. The molecular weight excluding hydrogens is 210 g/mol. The van der Waals surface area contributed by atoms with Gasteiger partial charge in [0.25, 0.3) is 0 Å². The average Bonchev–Trinajstić information content (AvgIpc) is 2.33. The molecule has 2 nitrogen and oxygen atoms in total. The summed E-state index contributed by atoms with van der Waals surface area (Å²) >= 11 is 0. The van der Waals surface area contributed by atoms with Gasteiger partial charge in [0, 0.05) is 12.6 Å². The topological polar surface area (TPSA) is 35.2 Å². The van der Waals surface area contributed by atoms with Crippen LogP contribution in [0.25, 0.3) is 0 Å². The van der Waals surface area contributed by atoms with Crippen molar-refractivity contribution in [2.45, 2.75) is 83.8 Å². The van der Waals surface area contributed by atoms with Crippen molar-refractivity contribution in [2.75, 3.05) is 6.61 Å².